The van der Waals surface area contributed by atoms with E-state index in [-0.39, 0.29) is 12.0 Å². The van der Waals surface area contributed by atoms with Crippen LogP contribution < -0.4 is 0 Å². The number of esters is 1. The summed E-state index contributed by atoms with van der Waals surface area (Å²) in [6, 6.07) is 0.550. The fraction of sp³-hybridized carbons (Fsp3) is 0.938. The molecule has 118 valence electrons. The SMILES string of the molecule is CC[N+](C)(CC)CCOC(=O)[C@@H]1CCC[C@H](C)[N+]1(C)C. The number of carbonyl (C=O) groups is 1. The first-order valence-electron chi connectivity index (χ1n) is 8.10. The van der Waals surface area contributed by atoms with Gasteiger partial charge in [0.25, 0.3) is 0 Å². The number of carbonyl (C=O) groups excluding carboxylic acids is 1. The van der Waals surface area contributed by atoms with Crippen molar-refractivity contribution in [3.63, 3.8) is 0 Å². The summed E-state index contributed by atoms with van der Waals surface area (Å²) in [5.41, 5.74) is 0. The van der Waals surface area contributed by atoms with Crippen molar-refractivity contribution in [1.82, 2.24) is 0 Å². The molecule has 0 aromatic rings. The van der Waals surface area contributed by atoms with Gasteiger partial charge in [-0.05, 0) is 33.6 Å². The molecule has 20 heavy (non-hydrogen) atoms. The minimum atomic E-state index is 0.000283. The Morgan fingerprint density at radius 2 is 1.85 bits per heavy atom. The van der Waals surface area contributed by atoms with Crippen LogP contribution in [0.15, 0.2) is 0 Å². The summed E-state index contributed by atoms with van der Waals surface area (Å²) < 4.78 is 7.33. The first kappa shape index (κ1) is 17.4. The zero-order valence-electron chi connectivity index (χ0n) is 14.3. The number of rotatable bonds is 6. The number of hydrogen-bond acceptors (Lipinski definition) is 2. The first-order valence-corrected chi connectivity index (χ1v) is 8.10. The minimum absolute atomic E-state index is 0.000283. The summed E-state index contributed by atoms with van der Waals surface area (Å²) in [4.78, 5) is 12.4. The molecule has 1 aliphatic heterocycles. The molecule has 0 aliphatic carbocycles. The standard InChI is InChI=1S/C16H34N2O2/c1-7-18(6,8-2)12-13-20-16(19)15-11-9-10-14(3)17(15,4)5/h14-15H,7-13H2,1-6H3/q+2/t14-,15-/m0/s1. The normalized spacial score (nSPS) is 26.3. The maximum absolute atomic E-state index is 12.4. The van der Waals surface area contributed by atoms with Gasteiger partial charge in [0, 0.05) is 6.42 Å². The van der Waals surface area contributed by atoms with Crippen molar-refractivity contribution in [2.45, 2.75) is 52.1 Å². The molecule has 0 aromatic heterocycles. The van der Waals surface area contributed by atoms with Gasteiger partial charge in [-0.15, -0.1) is 0 Å². The van der Waals surface area contributed by atoms with E-state index in [1.54, 1.807) is 0 Å². The summed E-state index contributed by atoms with van der Waals surface area (Å²) in [7, 11) is 6.54. The highest BCUT2D eigenvalue weighted by Gasteiger charge is 2.42. The van der Waals surface area contributed by atoms with Gasteiger partial charge in [0.05, 0.1) is 40.3 Å². The summed E-state index contributed by atoms with van der Waals surface area (Å²) in [6.45, 7) is 10.2. The van der Waals surface area contributed by atoms with Gasteiger partial charge in [-0.25, -0.2) is 4.79 Å². The van der Waals surface area contributed by atoms with Crippen LogP contribution in [0.4, 0.5) is 0 Å². The van der Waals surface area contributed by atoms with Crippen LogP contribution in [0.2, 0.25) is 0 Å². The zero-order valence-corrected chi connectivity index (χ0v) is 14.3. The summed E-state index contributed by atoms with van der Waals surface area (Å²) in [6.07, 6.45) is 3.31. The van der Waals surface area contributed by atoms with Gasteiger partial charge in [0.1, 0.15) is 13.2 Å². The average Bonchev–Trinajstić information content (AvgIpc) is 2.41. The molecule has 0 bridgehead atoms. The predicted octanol–water partition coefficient (Wildman–Crippen LogP) is 2.03. The second-order valence-electron chi connectivity index (χ2n) is 7.07. The van der Waals surface area contributed by atoms with E-state index < -0.39 is 0 Å². The number of likely N-dealkylation sites (tertiary alicyclic amines) is 1. The number of piperidine rings is 1. The Morgan fingerprint density at radius 1 is 1.25 bits per heavy atom. The average molecular weight is 286 g/mol. The van der Waals surface area contributed by atoms with Crippen molar-refractivity contribution in [1.29, 1.82) is 0 Å². The van der Waals surface area contributed by atoms with Crippen LogP contribution in [0.5, 0.6) is 0 Å². The Labute approximate surface area is 124 Å². The van der Waals surface area contributed by atoms with Crippen molar-refractivity contribution in [3.8, 4) is 0 Å². The number of likely N-dealkylation sites (N-methyl/N-ethyl adjacent to an activating group) is 2. The van der Waals surface area contributed by atoms with Crippen LogP contribution in [0.3, 0.4) is 0 Å². The van der Waals surface area contributed by atoms with Crippen molar-refractivity contribution >= 4 is 5.97 Å². The Hall–Kier alpha value is -0.610. The van der Waals surface area contributed by atoms with Crippen molar-refractivity contribution in [2.24, 2.45) is 0 Å². The van der Waals surface area contributed by atoms with Crippen molar-refractivity contribution in [3.05, 3.63) is 0 Å². The van der Waals surface area contributed by atoms with Crippen LogP contribution in [0, 0.1) is 0 Å². The lowest BCUT2D eigenvalue weighted by Gasteiger charge is -2.45. The zero-order chi connectivity index (χ0) is 15.4. The third-order valence-corrected chi connectivity index (χ3v) is 5.71. The van der Waals surface area contributed by atoms with Crippen LogP contribution in [-0.4, -0.2) is 74.4 Å². The second-order valence-corrected chi connectivity index (χ2v) is 7.07. The van der Waals surface area contributed by atoms with Gasteiger partial charge in [0.2, 0.25) is 0 Å². The maximum Gasteiger partial charge on any atom is 0.365 e. The molecule has 1 fully saturated rings. The molecule has 4 nitrogen and oxygen atoms in total. The van der Waals surface area contributed by atoms with Gasteiger partial charge in [-0.3, -0.25) is 0 Å². The highest BCUT2D eigenvalue weighted by molar-refractivity contribution is 5.74. The number of hydrogen-bond donors (Lipinski definition) is 0. The maximum atomic E-state index is 12.4. The lowest BCUT2D eigenvalue weighted by atomic mass is 9.94. The Balaban J connectivity index is 2.50. The van der Waals surface area contributed by atoms with E-state index in [4.69, 9.17) is 4.74 Å². The Bertz CT molecular complexity index is 324. The van der Waals surface area contributed by atoms with Gasteiger partial charge >= 0.3 is 5.97 Å². The summed E-state index contributed by atoms with van der Waals surface area (Å²) in [5, 5.41) is 0. The topological polar surface area (TPSA) is 26.3 Å². The molecule has 1 saturated heterocycles. The van der Waals surface area contributed by atoms with E-state index in [1.807, 2.05) is 0 Å². The minimum Gasteiger partial charge on any atom is -0.455 e. The molecule has 0 spiro atoms. The largest absolute Gasteiger partial charge is 0.455 e. The van der Waals surface area contributed by atoms with E-state index >= 15 is 0 Å². The third-order valence-electron chi connectivity index (χ3n) is 5.71. The van der Waals surface area contributed by atoms with Gasteiger partial charge < -0.3 is 13.7 Å². The molecule has 1 heterocycles. The molecule has 0 radical (unpaired) electrons. The molecule has 1 rings (SSSR count). The van der Waals surface area contributed by atoms with E-state index in [0.717, 1.165) is 41.4 Å². The molecular weight excluding hydrogens is 252 g/mol. The van der Waals surface area contributed by atoms with E-state index in [1.165, 1.54) is 6.42 Å². The van der Waals surface area contributed by atoms with Gasteiger partial charge in [-0.2, -0.15) is 0 Å². The quantitative estimate of drug-likeness (QED) is 0.552. The summed E-state index contributed by atoms with van der Waals surface area (Å²) in [5.74, 6) is 0.000283. The fourth-order valence-electron chi connectivity index (χ4n) is 2.97. The molecule has 4 heteroatoms. The van der Waals surface area contributed by atoms with Crippen LogP contribution in [0.1, 0.15) is 40.0 Å². The molecule has 0 N–H and O–H groups in total. The van der Waals surface area contributed by atoms with Crippen LogP contribution in [0.25, 0.3) is 0 Å². The van der Waals surface area contributed by atoms with Crippen LogP contribution in [-0.2, 0) is 9.53 Å². The fourth-order valence-corrected chi connectivity index (χ4v) is 2.97. The molecule has 0 saturated carbocycles. The third kappa shape index (κ3) is 3.95. The highest BCUT2D eigenvalue weighted by Crippen LogP contribution is 2.28. The number of ether oxygens (including phenoxy) is 1. The number of quaternary nitrogens is 2. The van der Waals surface area contributed by atoms with Gasteiger partial charge in [-0.1, -0.05) is 0 Å². The monoisotopic (exact) mass is 286 g/mol. The first-order chi connectivity index (χ1) is 9.27. The van der Waals surface area contributed by atoms with E-state index in [2.05, 4.69) is 41.9 Å². The summed E-state index contributed by atoms with van der Waals surface area (Å²) >= 11 is 0. The second kappa shape index (κ2) is 6.90. The molecule has 2 atom stereocenters. The molecular formula is C16H34N2O2+2. The predicted molar refractivity (Wildman–Crippen MR) is 82.3 cm³/mol. The van der Waals surface area contributed by atoms with Crippen molar-refractivity contribution in [2.75, 3.05) is 47.4 Å². The van der Waals surface area contributed by atoms with Crippen molar-refractivity contribution < 1.29 is 18.5 Å². The Morgan fingerprint density at radius 3 is 2.40 bits per heavy atom. The molecule has 0 amide bonds. The lowest BCUT2D eigenvalue weighted by Crippen LogP contribution is -2.60. The Kier molecular flexibility index (Phi) is 6.02. The smallest absolute Gasteiger partial charge is 0.365 e. The number of nitrogens with zero attached hydrogens (tertiary/aromatic N) is 2. The molecule has 0 unspecified atom stereocenters. The highest BCUT2D eigenvalue weighted by atomic mass is 16.5. The van der Waals surface area contributed by atoms with Gasteiger partial charge in [0.15, 0.2) is 6.04 Å². The molecule has 1 aliphatic rings. The van der Waals surface area contributed by atoms with E-state index in [0.29, 0.717) is 12.6 Å². The van der Waals surface area contributed by atoms with Crippen LogP contribution >= 0.6 is 0 Å². The lowest BCUT2D eigenvalue weighted by molar-refractivity contribution is -0.934. The van der Waals surface area contributed by atoms with E-state index in [9.17, 15) is 4.79 Å². The molecule has 0 aromatic carbocycles.